The first-order valence-electron chi connectivity index (χ1n) is 15.5. The molecule has 6 rings (SSSR count). The molecular weight excluding hydrogens is 804 g/mol. The Morgan fingerprint density at radius 2 is 0.690 bits per heavy atom. The van der Waals surface area contributed by atoms with Crippen LogP contribution in [0.4, 0.5) is 52.7 Å². The highest BCUT2D eigenvalue weighted by Gasteiger charge is 2.44. The summed E-state index contributed by atoms with van der Waals surface area (Å²) in [7, 11) is 0. The van der Waals surface area contributed by atoms with E-state index in [0.717, 1.165) is 12.1 Å². The smallest absolute Gasteiger partial charge is 0.402 e. The van der Waals surface area contributed by atoms with Crippen LogP contribution in [-0.4, -0.2) is 25.4 Å². The standard InChI is InChI=1S/C38H12F12N4O4/c39-35(40,41)55-25-9-7-17(11-27(25)57-37(45,46)47)21-3-1-5-23-29(19(13-51)14-52)33-32-22(4-2-6-24(32)30(20(15-53)16-54)34(33)31(21)23)18-8-10-26(56-36(42,43)44)28(12-18)58-38(48,49)50/h1-12H. The Labute approximate surface area is 316 Å². The molecule has 0 N–H and O–H groups in total. The van der Waals surface area contributed by atoms with Crippen molar-refractivity contribution in [2.45, 2.75) is 25.4 Å². The molecule has 0 atom stereocenters. The molecule has 0 fully saturated rings. The van der Waals surface area contributed by atoms with Crippen molar-refractivity contribution in [3.63, 3.8) is 0 Å². The van der Waals surface area contributed by atoms with Crippen molar-refractivity contribution in [3.05, 3.63) is 106 Å². The first kappa shape index (κ1) is 40.1. The summed E-state index contributed by atoms with van der Waals surface area (Å²) in [6, 6.07) is 18.5. The van der Waals surface area contributed by atoms with Crippen LogP contribution in [0.5, 0.6) is 23.0 Å². The zero-order chi connectivity index (χ0) is 42.5. The van der Waals surface area contributed by atoms with E-state index >= 15 is 0 Å². The van der Waals surface area contributed by atoms with E-state index in [1.165, 1.54) is 36.4 Å². The van der Waals surface area contributed by atoms with Crippen molar-refractivity contribution in [2.24, 2.45) is 0 Å². The lowest BCUT2D eigenvalue weighted by Crippen LogP contribution is -2.21. The van der Waals surface area contributed by atoms with Crippen molar-refractivity contribution in [3.8, 4) is 69.5 Å². The van der Waals surface area contributed by atoms with E-state index in [-0.39, 0.29) is 66.8 Å². The summed E-state index contributed by atoms with van der Waals surface area (Å²) in [4.78, 5) is 0. The second-order valence-corrected chi connectivity index (χ2v) is 11.7. The van der Waals surface area contributed by atoms with Gasteiger partial charge in [0.2, 0.25) is 0 Å². The molecule has 58 heavy (non-hydrogen) atoms. The molecule has 0 aliphatic heterocycles. The molecule has 0 radical (unpaired) electrons. The Morgan fingerprint density at radius 1 is 0.397 bits per heavy atom. The predicted molar refractivity (Wildman–Crippen MR) is 174 cm³/mol. The number of ether oxygens (including phenoxy) is 4. The van der Waals surface area contributed by atoms with Crippen molar-refractivity contribution in [2.75, 3.05) is 0 Å². The van der Waals surface area contributed by atoms with Gasteiger partial charge in [0.05, 0.1) is 0 Å². The van der Waals surface area contributed by atoms with Crippen LogP contribution in [-0.2, 0) is 0 Å². The second-order valence-electron chi connectivity index (χ2n) is 11.7. The highest BCUT2D eigenvalue weighted by atomic mass is 19.4. The number of hydrogen-bond acceptors (Lipinski definition) is 8. The summed E-state index contributed by atoms with van der Waals surface area (Å²) >= 11 is 0. The Morgan fingerprint density at radius 3 is 0.983 bits per heavy atom. The van der Waals surface area contributed by atoms with E-state index in [1.807, 2.05) is 0 Å². The number of nitrogens with zero attached hydrogens (tertiary/aromatic N) is 4. The van der Waals surface area contributed by atoms with Gasteiger partial charge in [-0.05, 0) is 68.8 Å². The molecule has 4 aromatic rings. The van der Waals surface area contributed by atoms with Crippen LogP contribution in [0.15, 0.2) is 83.9 Å². The fourth-order valence-electron chi connectivity index (χ4n) is 6.53. The molecule has 0 unspecified atom stereocenters. The summed E-state index contributed by atoms with van der Waals surface area (Å²) in [6.07, 6.45) is -22.0. The lowest BCUT2D eigenvalue weighted by atomic mass is 9.84. The first-order chi connectivity index (χ1) is 27.1. The number of halogens is 12. The van der Waals surface area contributed by atoms with Crippen LogP contribution in [0.3, 0.4) is 0 Å². The third-order valence-electron chi connectivity index (χ3n) is 8.28. The van der Waals surface area contributed by atoms with E-state index in [9.17, 15) is 73.7 Å². The lowest BCUT2D eigenvalue weighted by molar-refractivity contribution is -0.287. The van der Waals surface area contributed by atoms with Gasteiger partial charge >= 0.3 is 25.4 Å². The molecule has 0 saturated carbocycles. The maximum Gasteiger partial charge on any atom is 0.573 e. The Bertz CT molecular complexity index is 2460. The van der Waals surface area contributed by atoms with Crippen molar-refractivity contribution >= 4 is 22.3 Å². The Balaban J connectivity index is 1.71. The second kappa shape index (κ2) is 14.2. The number of allylic oxidation sites excluding steroid dienone is 6. The van der Waals surface area contributed by atoms with Gasteiger partial charge in [-0.25, -0.2) is 0 Å². The maximum absolute atomic E-state index is 13.4. The van der Waals surface area contributed by atoms with E-state index in [4.69, 9.17) is 0 Å². The minimum atomic E-state index is -5.53. The molecule has 2 aliphatic carbocycles. The molecule has 20 heteroatoms. The summed E-state index contributed by atoms with van der Waals surface area (Å²) in [5.41, 5.74) is -2.96. The quantitative estimate of drug-likeness (QED) is 0.139. The molecule has 292 valence electrons. The molecule has 0 aromatic heterocycles. The van der Waals surface area contributed by atoms with Gasteiger partial charge in [-0.2, -0.15) is 21.0 Å². The van der Waals surface area contributed by atoms with Gasteiger partial charge in [0.15, 0.2) is 23.0 Å². The van der Waals surface area contributed by atoms with Crippen molar-refractivity contribution < 1.29 is 71.6 Å². The van der Waals surface area contributed by atoms with Crippen LogP contribution in [0.1, 0.15) is 22.3 Å². The van der Waals surface area contributed by atoms with Gasteiger partial charge in [0.25, 0.3) is 0 Å². The number of benzene rings is 4. The van der Waals surface area contributed by atoms with Gasteiger partial charge < -0.3 is 18.9 Å². The molecule has 2 aliphatic rings. The number of rotatable bonds is 6. The van der Waals surface area contributed by atoms with Gasteiger partial charge in [0, 0.05) is 22.3 Å². The topological polar surface area (TPSA) is 132 Å². The van der Waals surface area contributed by atoms with Crippen LogP contribution >= 0.6 is 0 Å². The zero-order valence-electron chi connectivity index (χ0n) is 27.9. The van der Waals surface area contributed by atoms with E-state index in [0.29, 0.717) is 24.3 Å². The van der Waals surface area contributed by atoms with E-state index in [1.54, 1.807) is 24.3 Å². The fraction of sp³-hybridized carbons (Fsp3) is 0.105. The van der Waals surface area contributed by atoms with Crippen LogP contribution in [0.2, 0.25) is 0 Å². The molecular formula is C38H12F12N4O4. The molecule has 4 aromatic carbocycles. The summed E-state index contributed by atoms with van der Waals surface area (Å²) in [5.74, 6) is -5.69. The summed E-state index contributed by atoms with van der Waals surface area (Å²) in [5, 5.41) is 40.5. The van der Waals surface area contributed by atoms with Crippen LogP contribution in [0.25, 0.3) is 44.5 Å². The third kappa shape index (κ3) is 7.76. The number of hydrogen-bond donors (Lipinski definition) is 0. The van der Waals surface area contributed by atoms with Gasteiger partial charge in [-0.3, -0.25) is 0 Å². The molecule has 0 heterocycles. The van der Waals surface area contributed by atoms with Crippen molar-refractivity contribution in [1.82, 2.24) is 0 Å². The van der Waals surface area contributed by atoms with Crippen LogP contribution < -0.4 is 18.9 Å². The molecule has 0 spiro atoms. The minimum absolute atomic E-state index is 0.0299. The largest absolute Gasteiger partial charge is 0.573 e. The summed E-state index contributed by atoms with van der Waals surface area (Å²) < 4.78 is 175. The van der Waals surface area contributed by atoms with Gasteiger partial charge in [0.1, 0.15) is 35.4 Å². The lowest BCUT2D eigenvalue weighted by Gasteiger charge is -2.19. The number of nitriles is 4. The Kier molecular flexibility index (Phi) is 9.80. The highest BCUT2D eigenvalue weighted by Crippen LogP contribution is 2.62. The molecule has 8 nitrogen and oxygen atoms in total. The molecule has 0 saturated heterocycles. The highest BCUT2D eigenvalue weighted by molar-refractivity contribution is 6.39. The monoisotopic (exact) mass is 816 g/mol. The van der Waals surface area contributed by atoms with Gasteiger partial charge in [-0.15, -0.1) is 52.7 Å². The van der Waals surface area contributed by atoms with Crippen LogP contribution in [0, 0.1) is 45.3 Å². The first-order valence-corrected chi connectivity index (χ1v) is 15.5. The SMILES string of the molecule is N#CC(C#N)=C1C2=C(C(=C(C#N)C#N)c3cccc(-c4ccc(OC(F)(F)F)c(OC(F)(F)F)c4)c32)c2c1cccc2-c1ccc(OC(F)(F)F)c(OC(F)(F)F)c1. The average Bonchev–Trinajstić information content (AvgIpc) is 3.62. The Hall–Kier alpha value is -7.58. The van der Waals surface area contributed by atoms with E-state index in [2.05, 4.69) is 18.9 Å². The minimum Gasteiger partial charge on any atom is -0.402 e. The fourth-order valence-corrected chi connectivity index (χ4v) is 6.53. The number of alkyl halides is 12. The molecule has 0 bridgehead atoms. The zero-order valence-corrected chi connectivity index (χ0v) is 27.9. The normalized spacial score (nSPS) is 13.3. The summed E-state index contributed by atoms with van der Waals surface area (Å²) in [6.45, 7) is 0. The molecule has 0 amide bonds. The predicted octanol–water partition coefficient (Wildman–Crippen LogP) is 11.2. The third-order valence-corrected chi connectivity index (χ3v) is 8.28. The van der Waals surface area contributed by atoms with E-state index < -0.39 is 59.6 Å². The van der Waals surface area contributed by atoms with Crippen molar-refractivity contribution in [1.29, 1.82) is 21.0 Å². The number of fused-ring (bicyclic) bond motifs is 4. The average molecular weight is 817 g/mol. The van der Waals surface area contributed by atoms with Gasteiger partial charge in [-0.1, -0.05) is 48.5 Å². The maximum atomic E-state index is 13.4.